The van der Waals surface area contributed by atoms with Crippen LogP contribution < -0.4 is 16.8 Å². The van der Waals surface area contributed by atoms with E-state index in [9.17, 15) is 0 Å². The number of unbranched alkanes of at least 4 members (excludes halogenated alkanes) is 4. The molecule has 0 aromatic heterocycles. The summed E-state index contributed by atoms with van der Waals surface area (Å²) >= 11 is 2.07. The van der Waals surface area contributed by atoms with Gasteiger partial charge in [0.15, 0.2) is 0 Å². The summed E-state index contributed by atoms with van der Waals surface area (Å²) in [6, 6.07) is 0. The van der Waals surface area contributed by atoms with Crippen LogP contribution in [-0.2, 0) is 0 Å². The smallest absolute Gasteiger partial charge is 0.330 e. The molecule has 15 heavy (non-hydrogen) atoms. The number of nitrogens with two attached hydrogens (primary N) is 2. The minimum atomic E-state index is 0.362. The number of hydrogen-bond acceptors (Lipinski definition) is 3. The standard InChI is InChI=1S/C11H26N3.Li/c12-8-4-1-2-6-10-14-11-7-3-5-9-13;/h9,14H,1-8,10-13H2;. The molecule has 0 aromatic carbocycles. The van der Waals surface area contributed by atoms with E-state index in [-0.39, 0.29) is 0 Å². The Hall–Kier alpha value is 0.477. The first kappa shape index (κ1) is 15.5. The van der Waals surface area contributed by atoms with Crippen molar-refractivity contribution >= 4 is 17.7 Å². The van der Waals surface area contributed by atoms with E-state index in [2.05, 4.69) is 23.0 Å². The van der Waals surface area contributed by atoms with E-state index in [1.165, 1.54) is 38.5 Å². The summed E-state index contributed by atoms with van der Waals surface area (Å²) in [6.45, 7) is 3.14. The average Bonchev–Trinajstić information content (AvgIpc) is 2.20. The van der Waals surface area contributed by atoms with E-state index < -0.39 is 0 Å². The molecule has 5 N–H and O–H groups in total. The monoisotopic (exact) mass is 207 g/mol. The molecule has 86 valence electrons. The number of rotatable bonds is 11. The van der Waals surface area contributed by atoms with Gasteiger partial charge in [0.25, 0.3) is 0 Å². The van der Waals surface area contributed by atoms with Gasteiger partial charge in [0, 0.05) is 0 Å². The van der Waals surface area contributed by atoms with Crippen molar-refractivity contribution in [3.05, 3.63) is 0 Å². The van der Waals surface area contributed by atoms with Gasteiger partial charge in [-0.15, -0.1) is 0 Å². The van der Waals surface area contributed by atoms with E-state index >= 15 is 0 Å². The van der Waals surface area contributed by atoms with Crippen molar-refractivity contribution in [2.45, 2.75) is 49.7 Å². The Labute approximate surface area is 104 Å². The predicted octanol–water partition coefficient (Wildman–Crippen LogP) is 0.719. The van der Waals surface area contributed by atoms with E-state index in [0.29, 0.717) is 4.71 Å². The van der Waals surface area contributed by atoms with Gasteiger partial charge in [-0.3, -0.25) is 0 Å². The van der Waals surface area contributed by atoms with E-state index in [1.807, 2.05) is 0 Å². The van der Waals surface area contributed by atoms with Crippen LogP contribution in [0.3, 0.4) is 0 Å². The molecule has 0 heterocycles. The zero-order chi connectivity index (χ0) is 11.4. The molecule has 0 rings (SSSR count). The van der Waals surface area contributed by atoms with Crippen LogP contribution in [0.4, 0.5) is 0 Å². The van der Waals surface area contributed by atoms with Crippen molar-refractivity contribution in [3.63, 3.8) is 0 Å². The van der Waals surface area contributed by atoms with Gasteiger partial charge in [-0.25, -0.2) is 0 Å². The van der Waals surface area contributed by atoms with Crippen LogP contribution in [0.2, 0.25) is 0 Å². The molecule has 0 radical (unpaired) electrons. The van der Waals surface area contributed by atoms with Crippen LogP contribution >= 0.6 is 0 Å². The molecule has 0 saturated carbocycles. The third kappa shape index (κ3) is 14.5. The predicted molar refractivity (Wildman–Crippen MR) is 68.0 cm³/mol. The Morgan fingerprint density at radius 3 is 2.13 bits per heavy atom. The third-order valence-corrected chi connectivity index (χ3v) is 2.57. The second-order valence-electron chi connectivity index (χ2n) is 4.43. The molecular weight excluding hydrogens is 181 g/mol. The fourth-order valence-corrected chi connectivity index (χ4v) is 1.59. The van der Waals surface area contributed by atoms with E-state index in [4.69, 9.17) is 11.5 Å². The van der Waals surface area contributed by atoms with Crippen molar-refractivity contribution in [1.82, 2.24) is 5.32 Å². The molecule has 3 nitrogen and oxygen atoms in total. The molecule has 1 unspecified atom stereocenters. The first-order valence-corrected chi connectivity index (χ1v) is 6.43. The van der Waals surface area contributed by atoms with Gasteiger partial charge in [0.05, 0.1) is 0 Å². The van der Waals surface area contributed by atoms with Gasteiger partial charge in [-0.2, -0.15) is 0 Å². The molecule has 0 bridgehead atoms. The van der Waals surface area contributed by atoms with E-state index in [0.717, 1.165) is 26.1 Å². The minimum absolute atomic E-state index is 0.362. The van der Waals surface area contributed by atoms with Gasteiger partial charge in [0.1, 0.15) is 0 Å². The van der Waals surface area contributed by atoms with Gasteiger partial charge in [-0.05, 0) is 0 Å². The van der Waals surface area contributed by atoms with Crippen LogP contribution in [0, 0.1) is 0 Å². The molecule has 1 atom stereocenters. The molecule has 0 aliphatic rings. The van der Waals surface area contributed by atoms with Gasteiger partial charge in [-0.1, -0.05) is 0 Å². The molecule has 0 aromatic rings. The Kier molecular flexibility index (Phi) is 12.9. The Bertz CT molecular complexity index is 120. The number of nitrogens with one attached hydrogen (secondary N) is 1. The first-order chi connectivity index (χ1) is 7.27. The Morgan fingerprint density at radius 1 is 0.933 bits per heavy atom. The normalized spacial score (nSPS) is 13.1. The zero-order valence-electron chi connectivity index (χ0n) is 10.3. The molecule has 0 spiro atoms. The average molecular weight is 207 g/mol. The van der Waals surface area contributed by atoms with Crippen molar-refractivity contribution in [2.75, 3.05) is 19.6 Å². The molecule has 4 heteroatoms. The molecular formula is C11H26LiN3. The fraction of sp³-hybridized carbons (Fsp3) is 1.00. The van der Waals surface area contributed by atoms with Crippen LogP contribution in [-0.4, -0.2) is 42.1 Å². The van der Waals surface area contributed by atoms with Crippen LogP contribution in [0.25, 0.3) is 0 Å². The molecule has 0 aliphatic heterocycles. The topological polar surface area (TPSA) is 64.1 Å². The second-order valence-corrected chi connectivity index (χ2v) is 4.43. The number of hydrogen-bond donors (Lipinski definition) is 3. The zero-order valence-corrected chi connectivity index (χ0v) is 10.3. The minimum Gasteiger partial charge on any atom is -0.330 e. The van der Waals surface area contributed by atoms with Gasteiger partial charge >= 0.3 is 98.1 Å². The van der Waals surface area contributed by atoms with Crippen molar-refractivity contribution < 1.29 is 0 Å². The van der Waals surface area contributed by atoms with Crippen LogP contribution in [0.5, 0.6) is 0 Å². The van der Waals surface area contributed by atoms with Gasteiger partial charge in [0.2, 0.25) is 0 Å². The van der Waals surface area contributed by atoms with Crippen LogP contribution in [0.1, 0.15) is 44.9 Å². The summed E-state index contributed by atoms with van der Waals surface area (Å²) in [5, 5.41) is 3.46. The van der Waals surface area contributed by atoms with Crippen LogP contribution in [0.15, 0.2) is 0 Å². The summed E-state index contributed by atoms with van der Waals surface area (Å²) in [5.74, 6) is 0. The maximum absolute atomic E-state index is 5.67. The molecule has 0 fully saturated rings. The SMILES string of the molecule is [Li][CH](N)CCCCNCCCCCCN. The van der Waals surface area contributed by atoms with Crippen molar-refractivity contribution in [3.8, 4) is 0 Å². The summed E-state index contributed by atoms with van der Waals surface area (Å²) in [5.41, 5.74) is 11.1. The van der Waals surface area contributed by atoms with E-state index in [1.54, 1.807) is 0 Å². The van der Waals surface area contributed by atoms with Crippen molar-refractivity contribution in [2.24, 2.45) is 11.5 Å². The quantitative estimate of drug-likeness (QED) is 0.345. The summed E-state index contributed by atoms with van der Waals surface area (Å²) in [7, 11) is 0. The first-order valence-electron chi connectivity index (χ1n) is 6.43. The fourth-order valence-electron chi connectivity index (χ4n) is 1.59. The summed E-state index contributed by atoms with van der Waals surface area (Å²) in [6.07, 6.45) is 8.70. The molecule has 0 aliphatic carbocycles. The Balaban J connectivity index is 2.87. The third-order valence-electron chi connectivity index (χ3n) is 2.57. The molecule has 0 saturated heterocycles. The Morgan fingerprint density at radius 2 is 1.53 bits per heavy atom. The maximum atomic E-state index is 5.67. The second kappa shape index (κ2) is 12.5. The summed E-state index contributed by atoms with van der Waals surface area (Å²) in [4.78, 5) is 0. The summed E-state index contributed by atoms with van der Waals surface area (Å²) < 4.78 is 0.362. The molecule has 0 amide bonds. The van der Waals surface area contributed by atoms with Crippen molar-refractivity contribution in [1.29, 1.82) is 0 Å². The van der Waals surface area contributed by atoms with Gasteiger partial charge < -0.3 is 5.73 Å².